The van der Waals surface area contributed by atoms with Crippen molar-refractivity contribution in [1.82, 2.24) is 0 Å². The van der Waals surface area contributed by atoms with Crippen molar-refractivity contribution >= 4 is 66.3 Å². The summed E-state index contributed by atoms with van der Waals surface area (Å²) in [7, 11) is 0. The molecule has 5 aromatic carbocycles. The highest BCUT2D eigenvalue weighted by atomic mass is 32.1. The molecule has 12 rings (SSSR count). The maximum atomic E-state index is 6.93. The Morgan fingerprint density at radius 3 is 2.51 bits per heavy atom. The second-order valence-corrected chi connectivity index (χ2v) is 18.1. The van der Waals surface area contributed by atoms with E-state index in [4.69, 9.17) is 4.74 Å². The average Bonchev–Trinajstić information content (AvgIpc) is 3.80. The van der Waals surface area contributed by atoms with Crippen LogP contribution in [0, 0.1) is 0 Å². The molecule has 1 aromatic heterocycles. The number of thiophene rings is 1. The highest BCUT2D eigenvalue weighted by Crippen LogP contribution is 2.66. The Morgan fingerprint density at radius 2 is 1.63 bits per heavy atom. The number of benzene rings is 5. The molecule has 3 nitrogen and oxygen atoms in total. The first-order chi connectivity index (χ1) is 23.7. The van der Waals surface area contributed by atoms with Crippen molar-refractivity contribution < 1.29 is 4.74 Å². The van der Waals surface area contributed by atoms with E-state index < -0.39 is 0 Å². The monoisotopic (exact) mass is 654 g/mol. The number of hydrogen-bond acceptors (Lipinski definition) is 4. The molecule has 0 amide bonds. The highest BCUT2D eigenvalue weighted by molar-refractivity contribution is 7.26. The molecule has 240 valence electrons. The van der Waals surface area contributed by atoms with Gasteiger partial charge in [0, 0.05) is 64.9 Å². The summed E-state index contributed by atoms with van der Waals surface area (Å²) in [5.74, 6) is 1.04. The molecule has 4 unspecified atom stereocenters. The molecule has 0 spiro atoms. The first-order valence-electron chi connectivity index (χ1n) is 18.3. The number of para-hydroxylation sites is 2. The van der Waals surface area contributed by atoms with E-state index in [-0.39, 0.29) is 35.4 Å². The first-order valence-corrected chi connectivity index (χ1v) is 19.2. The summed E-state index contributed by atoms with van der Waals surface area (Å²) in [5, 5.41) is 2.79. The number of rotatable bonds is 0. The van der Waals surface area contributed by atoms with Crippen molar-refractivity contribution in [3.05, 3.63) is 107 Å². The number of hydrogen-bond donors (Lipinski definition) is 0. The number of fused-ring (bicyclic) bond motifs is 16. The van der Waals surface area contributed by atoms with Crippen LogP contribution < -0.4 is 25.4 Å². The Balaban J connectivity index is 1.28. The van der Waals surface area contributed by atoms with Crippen LogP contribution >= 0.6 is 11.3 Å². The topological polar surface area (TPSA) is 15.7 Å². The van der Waals surface area contributed by atoms with Crippen LogP contribution in [0.1, 0.15) is 94.7 Å². The van der Waals surface area contributed by atoms with Crippen molar-refractivity contribution in [2.24, 2.45) is 0 Å². The Labute approximate surface area is 292 Å². The summed E-state index contributed by atoms with van der Waals surface area (Å²) in [4.78, 5) is 5.73. The summed E-state index contributed by atoms with van der Waals surface area (Å²) in [5.41, 5.74) is 16.0. The average molecular weight is 655 g/mol. The maximum absolute atomic E-state index is 6.93. The van der Waals surface area contributed by atoms with Crippen LogP contribution in [0.2, 0.25) is 0 Å². The molecule has 1 fully saturated rings. The molecule has 6 heterocycles. The van der Waals surface area contributed by atoms with Crippen molar-refractivity contribution in [3.8, 4) is 16.9 Å². The van der Waals surface area contributed by atoms with Crippen molar-refractivity contribution in [3.63, 3.8) is 0 Å². The lowest BCUT2D eigenvalue weighted by molar-refractivity contribution is 0.195. The first kappa shape index (κ1) is 27.6. The summed E-state index contributed by atoms with van der Waals surface area (Å²) in [6, 6.07) is 33.0. The van der Waals surface area contributed by atoms with E-state index in [2.05, 4.69) is 129 Å². The van der Waals surface area contributed by atoms with Gasteiger partial charge in [-0.25, -0.2) is 0 Å². The van der Waals surface area contributed by atoms with Crippen LogP contribution in [0.4, 0.5) is 17.1 Å². The zero-order valence-corrected chi connectivity index (χ0v) is 29.7. The molecule has 0 N–H and O–H groups in total. The van der Waals surface area contributed by atoms with E-state index in [0.29, 0.717) is 0 Å². The zero-order valence-electron chi connectivity index (χ0n) is 28.9. The normalized spacial score (nSPS) is 26.3. The lowest BCUT2D eigenvalue weighted by Crippen LogP contribution is -2.65. The van der Waals surface area contributed by atoms with Crippen molar-refractivity contribution in [2.75, 3.05) is 9.71 Å². The van der Waals surface area contributed by atoms with Gasteiger partial charge in [-0.05, 0) is 65.4 Å². The van der Waals surface area contributed by atoms with Crippen LogP contribution in [0.3, 0.4) is 0 Å². The van der Waals surface area contributed by atoms with Gasteiger partial charge in [-0.3, -0.25) is 0 Å². The molecule has 6 aliphatic rings. The molecular weight excluding hydrogens is 615 g/mol. The molecule has 1 saturated carbocycles. The number of ether oxygens (including phenoxy) is 1. The SMILES string of the molecule is CC(C)(C)c1cc2c3c(c1)C1(C)CCCCC1(C)N3c1cc3c(sc4ccccc43)c3c1B2N1c2c-3cccc2C2Oc3ccccc3C21. The third-order valence-electron chi connectivity index (χ3n) is 13.8. The highest BCUT2D eigenvalue weighted by Gasteiger charge is 2.64. The van der Waals surface area contributed by atoms with E-state index in [1.165, 1.54) is 102 Å². The molecule has 0 bridgehead atoms. The standard InChI is InChI=1S/C44H39BN2OS/c1-42(2,3)24-21-30-39-31(22-24)45-36-32(46(39)44(5)20-11-10-19-43(30,44)4)23-29-25-13-7-9-18-34(25)49-41(29)35(36)27-15-12-16-28-37(27)47(45)38-26-14-6-8-17-33(26)48-40(28)38/h6-9,12-18,21-23,38,40H,10-11,19-20H2,1-5H3. The Kier molecular flexibility index (Phi) is 4.82. The Hall–Kier alpha value is -4.22. The van der Waals surface area contributed by atoms with Gasteiger partial charge in [0.05, 0.1) is 11.6 Å². The van der Waals surface area contributed by atoms with Crippen molar-refractivity contribution in [1.29, 1.82) is 0 Å². The minimum atomic E-state index is -0.0162. The van der Waals surface area contributed by atoms with Gasteiger partial charge in [0.15, 0.2) is 0 Å². The molecule has 1 aliphatic carbocycles. The molecule has 0 saturated heterocycles. The minimum Gasteiger partial charge on any atom is -0.483 e. The quantitative estimate of drug-likeness (QED) is 0.152. The number of nitrogens with zero attached hydrogens (tertiary/aromatic N) is 2. The van der Waals surface area contributed by atoms with Gasteiger partial charge < -0.3 is 14.4 Å². The maximum Gasteiger partial charge on any atom is 0.329 e. The lowest BCUT2D eigenvalue weighted by atomic mass is 9.43. The lowest BCUT2D eigenvalue weighted by Gasteiger charge is -2.53. The van der Waals surface area contributed by atoms with Gasteiger partial charge in [0.2, 0.25) is 0 Å². The number of anilines is 3. The molecule has 49 heavy (non-hydrogen) atoms. The molecular formula is C44H39BN2OS. The second-order valence-electron chi connectivity index (χ2n) is 17.1. The van der Waals surface area contributed by atoms with Gasteiger partial charge in [-0.2, -0.15) is 0 Å². The fraction of sp³-hybridized carbons (Fsp3) is 0.318. The molecule has 5 heteroatoms. The van der Waals surface area contributed by atoms with E-state index in [0.717, 1.165) is 5.75 Å². The third-order valence-corrected chi connectivity index (χ3v) is 15.1. The van der Waals surface area contributed by atoms with E-state index in [1.54, 1.807) is 5.56 Å². The molecule has 0 radical (unpaired) electrons. The summed E-state index contributed by atoms with van der Waals surface area (Å²) in [6.07, 6.45) is 5.00. The van der Waals surface area contributed by atoms with Gasteiger partial charge in [-0.1, -0.05) is 107 Å². The molecule has 4 atom stereocenters. The van der Waals surface area contributed by atoms with E-state index in [1.807, 2.05) is 11.3 Å². The van der Waals surface area contributed by atoms with E-state index in [9.17, 15) is 0 Å². The molecule has 5 aliphatic heterocycles. The predicted octanol–water partition coefficient (Wildman–Crippen LogP) is 10.2. The third kappa shape index (κ3) is 2.99. The molecule has 6 aromatic rings. The van der Waals surface area contributed by atoms with E-state index >= 15 is 0 Å². The van der Waals surface area contributed by atoms with Crippen LogP contribution in [0.25, 0.3) is 31.3 Å². The summed E-state index contributed by atoms with van der Waals surface area (Å²) >= 11 is 1.99. The van der Waals surface area contributed by atoms with Crippen LogP contribution in [-0.4, -0.2) is 12.4 Å². The second kappa shape index (κ2) is 8.56. The summed E-state index contributed by atoms with van der Waals surface area (Å²) < 4.78 is 9.74. The fourth-order valence-electron chi connectivity index (χ4n) is 11.3. The van der Waals surface area contributed by atoms with Crippen LogP contribution in [0.15, 0.2) is 84.9 Å². The van der Waals surface area contributed by atoms with Crippen LogP contribution in [-0.2, 0) is 10.8 Å². The Bertz CT molecular complexity index is 2510. The smallest absolute Gasteiger partial charge is 0.329 e. The van der Waals surface area contributed by atoms with Crippen LogP contribution in [0.5, 0.6) is 5.75 Å². The largest absolute Gasteiger partial charge is 0.483 e. The van der Waals surface area contributed by atoms with Gasteiger partial charge in [0.25, 0.3) is 0 Å². The predicted molar refractivity (Wildman–Crippen MR) is 206 cm³/mol. The van der Waals surface area contributed by atoms with Gasteiger partial charge >= 0.3 is 6.85 Å². The van der Waals surface area contributed by atoms with Gasteiger partial charge in [-0.15, -0.1) is 11.3 Å². The van der Waals surface area contributed by atoms with Gasteiger partial charge in [0.1, 0.15) is 11.9 Å². The summed E-state index contributed by atoms with van der Waals surface area (Å²) in [6.45, 7) is 12.5. The Morgan fingerprint density at radius 1 is 0.837 bits per heavy atom. The zero-order chi connectivity index (χ0) is 32.8. The minimum absolute atomic E-state index is 0.00414. The fourth-order valence-corrected chi connectivity index (χ4v) is 12.6. The van der Waals surface area contributed by atoms with Crippen molar-refractivity contribution in [2.45, 2.75) is 88.8 Å².